The molecule has 3 saturated carbocycles. The van der Waals surface area contributed by atoms with E-state index in [0.717, 1.165) is 38.5 Å². The first-order valence-corrected chi connectivity index (χ1v) is 9.70. The predicted molar refractivity (Wildman–Crippen MR) is 89.8 cm³/mol. The van der Waals surface area contributed by atoms with Crippen LogP contribution in [0, 0.1) is 28.6 Å². The fourth-order valence-electron chi connectivity index (χ4n) is 6.33. The van der Waals surface area contributed by atoms with Crippen molar-refractivity contribution in [3.05, 3.63) is 11.6 Å². The van der Waals surface area contributed by atoms with Gasteiger partial charge in [0.1, 0.15) is 5.78 Å². The highest BCUT2D eigenvalue weighted by Crippen LogP contribution is 2.65. The fraction of sp³-hybridized carbons (Fsp3) is 0.789. The van der Waals surface area contributed by atoms with Crippen LogP contribution in [0.1, 0.15) is 58.8 Å². The second-order valence-electron chi connectivity index (χ2n) is 8.48. The lowest BCUT2D eigenvalue weighted by Gasteiger charge is -2.58. The number of hydrogen-bond acceptors (Lipinski definition) is 2. The van der Waals surface area contributed by atoms with E-state index in [1.165, 1.54) is 5.57 Å². The van der Waals surface area contributed by atoms with E-state index in [2.05, 4.69) is 29.8 Å². The minimum absolute atomic E-state index is 0.0596. The van der Waals surface area contributed by atoms with Crippen molar-refractivity contribution >= 4 is 27.5 Å². The molecule has 0 heterocycles. The molecule has 0 aromatic carbocycles. The summed E-state index contributed by atoms with van der Waals surface area (Å²) in [5.74, 6) is 2.67. The number of hydrogen-bond donors (Lipinski definition) is 0. The van der Waals surface area contributed by atoms with Crippen molar-refractivity contribution in [3.8, 4) is 0 Å². The van der Waals surface area contributed by atoms with Gasteiger partial charge in [0.15, 0.2) is 5.78 Å². The number of rotatable bonds is 0. The number of fused-ring (bicyclic) bond motifs is 5. The highest BCUT2D eigenvalue weighted by molar-refractivity contribution is 9.09. The molecule has 4 aliphatic carbocycles. The maximum atomic E-state index is 12.4. The molecule has 0 N–H and O–H groups in total. The summed E-state index contributed by atoms with van der Waals surface area (Å²) in [7, 11) is 0. The average Bonchev–Trinajstić information content (AvgIpc) is 2.77. The Kier molecular flexibility index (Phi) is 3.28. The predicted octanol–water partition coefficient (Wildman–Crippen LogP) is 4.46. The van der Waals surface area contributed by atoms with Crippen molar-refractivity contribution < 1.29 is 9.59 Å². The van der Waals surface area contributed by atoms with E-state index >= 15 is 0 Å². The Morgan fingerprint density at radius 3 is 2.55 bits per heavy atom. The second kappa shape index (κ2) is 4.78. The standard InChI is InChI=1S/C19H25BrO2/c1-18-7-5-11(21)9-15(18)16(20)10-12-13-3-4-17(22)19(13,2)8-6-14(12)18/h9,12-14,16H,3-8,10H2,1-2H3/t12-,13+,14-,16-,18-,19+/m1/s1. The monoisotopic (exact) mass is 364 g/mol. The van der Waals surface area contributed by atoms with Crippen LogP contribution in [0.3, 0.4) is 0 Å². The smallest absolute Gasteiger partial charge is 0.155 e. The number of alkyl halides is 1. The van der Waals surface area contributed by atoms with Gasteiger partial charge >= 0.3 is 0 Å². The molecule has 0 radical (unpaired) electrons. The van der Waals surface area contributed by atoms with Gasteiger partial charge < -0.3 is 0 Å². The first-order chi connectivity index (χ1) is 10.4. The van der Waals surface area contributed by atoms with Crippen molar-refractivity contribution in [3.63, 3.8) is 0 Å². The largest absolute Gasteiger partial charge is 0.299 e. The lowest BCUT2D eigenvalue weighted by Crippen LogP contribution is -2.53. The Morgan fingerprint density at radius 2 is 1.77 bits per heavy atom. The summed E-state index contributed by atoms with van der Waals surface area (Å²) in [5.41, 5.74) is 1.45. The Bertz CT molecular complexity index is 580. The van der Waals surface area contributed by atoms with E-state index in [1.807, 2.05) is 6.08 Å². The third-order valence-corrected chi connectivity index (χ3v) is 8.51. The Morgan fingerprint density at radius 1 is 1.05 bits per heavy atom. The first-order valence-electron chi connectivity index (χ1n) is 8.78. The normalized spacial score (nSPS) is 51.0. The topological polar surface area (TPSA) is 34.1 Å². The highest BCUT2D eigenvalue weighted by Gasteiger charge is 2.60. The van der Waals surface area contributed by atoms with Gasteiger partial charge in [-0.15, -0.1) is 0 Å². The van der Waals surface area contributed by atoms with E-state index in [4.69, 9.17) is 0 Å². The molecule has 4 rings (SSSR count). The molecular formula is C19H25BrO2. The SMILES string of the molecule is C[C@]12CCC(=O)C=C1[C@H](Br)C[C@H]1[C@H]2CC[C@]2(C)C(=O)CC[C@@H]12. The molecule has 3 fully saturated rings. The molecule has 0 aliphatic heterocycles. The minimum atomic E-state index is -0.0596. The van der Waals surface area contributed by atoms with E-state index in [0.29, 0.717) is 40.6 Å². The van der Waals surface area contributed by atoms with Gasteiger partial charge in [0.25, 0.3) is 0 Å². The summed E-state index contributed by atoms with van der Waals surface area (Å²) in [6.07, 6.45) is 8.83. The summed E-state index contributed by atoms with van der Waals surface area (Å²) in [4.78, 5) is 24.6. The summed E-state index contributed by atoms with van der Waals surface area (Å²) in [6.45, 7) is 4.61. The van der Waals surface area contributed by atoms with Crippen LogP contribution >= 0.6 is 15.9 Å². The van der Waals surface area contributed by atoms with Crippen LogP contribution in [-0.2, 0) is 9.59 Å². The maximum Gasteiger partial charge on any atom is 0.155 e. The zero-order valence-corrected chi connectivity index (χ0v) is 15.1. The van der Waals surface area contributed by atoms with Crippen LogP contribution in [0.2, 0.25) is 0 Å². The van der Waals surface area contributed by atoms with Crippen molar-refractivity contribution in [2.45, 2.75) is 63.6 Å². The van der Waals surface area contributed by atoms with E-state index in [1.54, 1.807) is 0 Å². The Labute approximate surface area is 141 Å². The summed E-state index contributed by atoms with van der Waals surface area (Å²) in [6, 6.07) is 0. The first kappa shape index (κ1) is 15.1. The van der Waals surface area contributed by atoms with E-state index < -0.39 is 0 Å². The molecule has 3 heteroatoms. The van der Waals surface area contributed by atoms with Gasteiger partial charge in [-0.3, -0.25) is 9.59 Å². The third-order valence-electron chi connectivity index (χ3n) is 7.65. The van der Waals surface area contributed by atoms with Crippen LogP contribution in [0.25, 0.3) is 0 Å². The molecule has 0 unspecified atom stereocenters. The highest BCUT2D eigenvalue weighted by atomic mass is 79.9. The van der Waals surface area contributed by atoms with Gasteiger partial charge in [-0.05, 0) is 66.9 Å². The quantitative estimate of drug-likeness (QED) is 0.594. The number of carbonyl (C=O) groups excluding carboxylic acids is 2. The molecule has 0 aromatic rings. The molecule has 22 heavy (non-hydrogen) atoms. The summed E-state index contributed by atoms with van der Waals surface area (Å²) < 4.78 is 0. The lowest BCUT2D eigenvalue weighted by atomic mass is 9.47. The Balaban J connectivity index is 1.74. The molecule has 0 aromatic heterocycles. The van der Waals surface area contributed by atoms with Crippen molar-refractivity contribution in [1.29, 1.82) is 0 Å². The fourth-order valence-corrected chi connectivity index (χ4v) is 7.42. The molecule has 0 amide bonds. The van der Waals surface area contributed by atoms with Crippen LogP contribution in [-0.4, -0.2) is 16.4 Å². The number of halogens is 1. The zero-order chi connectivity index (χ0) is 15.7. The van der Waals surface area contributed by atoms with Crippen LogP contribution < -0.4 is 0 Å². The van der Waals surface area contributed by atoms with E-state index in [9.17, 15) is 9.59 Å². The molecule has 2 nitrogen and oxygen atoms in total. The minimum Gasteiger partial charge on any atom is -0.299 e. The summed E-state index contributed by atoms with van der Waals surface area (Å²) in [5, 5.41) is 0. The van der Waals surface area contributed by atoms with Gasteiger partial charge in [0.2, 0.25) is 0 Å². The molecule has 0 bridgehead atoms. The van der Waals surface area contributed by atoms with Gasteiger partial charge in [0, 0.05) is 23.1 Å². The van der Waals surface area contributed by atoms with Crippen molar-refractivity contribution in [2.75, 3.05) is 0 Å². The molecule has 120 valence electrons. The van der Waals surface area contributed by atoms with Crippen LogP contribution in [0.15, 0.2) is 11.6 Å². The lowest BCUT2D eigenvalue weighted by molar-refractivity contribution is -0.132. The zero-order valence-electron chi connectivity index (χ0n) is 13.5. The molecule has 6 atom stereocenters. The number of Topliss-reactive ketones (excluding diaryl/α,β-unsaturated/α-hetero) is 1. The molecule has 0 spiro atoms. The second-order valence-corrected chi connectivity index (χ2v) is 9.59. The van der Waals surface area contributed by atoms with Crippen molar-refractivity contribution in [2.24, 2.45) is 28.6 Å². The number of carbonyl (C=O) groups is 2. The van der Waals surface area contributed by atoms with Gasteiger partial charge in [-0.2, -0.15) is 0 Å². The van der Waals surface area contributed by atoms with Gasteiger partial charge in [-0.25, -0.2) is 0 Å². The van der Waals surface area contributed by atoms with Gasteiger partial charge in [0.05, 0.1) is 0 Å². The average molecular weight is 365 g/mol. The third kappa shape index (κ3) is 1.84. The van der Waals surface area contributed by atoms with Crippen LogP contribution in [0.4, 0.5) is 0 Å². The molecule has 0 saturated heterocycles. The van der Waals surface area contributed by atoms with Gasteiger partial charge in [-0.1, -0.05) is 29.8 Å². The van der Waals surface area contributed by atoms with E-state index in [-0.39, 0.29) is 10.8 Å². The number of allylic oxidation sites excluding steroid dienone is 1. The molecule has 4 aliphatic rings. The molecular weight excluding hydrogens is 340 g/mol. The summed E-state index contributed by atoms with van der Waals surface area (Å²) >= 11 is 3.88. The maximum absolute atomic E-state index is 12.4. The van der Waals surface area contributed by atoms with Crippen LogP contribution in [0.5, 0.6) is 0 Å². The number of ketones is 2. The Hall–Kier alpha value is -0.440. The van der Waals surface area contributed by atoms with Crippen molar-refractivity contribution in [1.82, 2.24) is 0 Å².